The van der Waals surface area contributed by atoms with Gasteiger partial charge in [-0.1, -0.05) is 23.7 Å². The second kappa shape index (κ2) is 6.60. The molecule has 1 unspecified atom stereocenters. The fourth-order valence-electron chi connectivity index (χ4n) is 1.55. The van der Waals surface area contributed by atoms with E-state index in [0.717, 1.165) is 0 Å². The third kappa shape index (κ3) is 5.08. The Morgan fingerprint density at radius 1 is 1.35 bits per heavy atom. The molecule has 1 aromatic carbocycles. The lowest BCUT2D eigenvalue weighted by molar-refractivity contribution is -0.174. The van der Waals surface area contributed by atoms with E-state index in [1.807, 2.05) is 0 Å². The maximum absolute atomic E-state index is 12.2. The number of amides is 1. The summed E-state index contributed by atoms with van der Waals surface area (Å²) in [6.07, 6.45) is -5.58. The summed E-state index contributed by atoms with van der Waals surface area (Å²) in [5, 5.41) is 10.6. The number of nitrogens with one attached hydrogen (secondary N) is 1. The summed E-state index contributed by atoms with van der Waals surface area (Å²) in [6.45, 7) is 0. The maximum Gasteiger partial charge on any atom is 0.471 e. The van der Waals surface area contributed by atoms with Gasteiger partial charge in [0, 0.05) is 11.4 Å². The van der Waals surface area contributed by atoms with Crippen LogP contribution in [0.15, 0.2) is 24.3 Å². The van der Waals surface area contributed by atoms with Crippen molar-refractivity contribution in [3.8, 4) is 0 Å². The molecule has 8 heteroatoms. The van der Waals surface area contributed by atoms with Crippen LogP contribution in [0.3, 0.4) is 0 Å². The van der Waals surface area contributed by atoms with E-state index >= 15 is 0 Å². The van der Waals surface area contributed by atoms with Gasteiger partial charge in [-0.2, -0.15) is 13.2 Å². The van der Waals surface area contributed by atoms with Gasteiger partial charge in [0.1, 0.15) is 0 Å². The Hall–Kier alpha value is -1.76. The first kappa shape index (κ1) is 16.3. The largest absolute Gasteiger partial charge is 0.481 e. The molecule has 110 valence electrons. The zero-order valence-corrected chi connectivity index (χ0v) is 10.8. The number of carbonyl (C=O) groups excluding carboxylic acids is 1. The number of carboxylic acids is 1. The lowest BCUT2D eigenvalue weighted by Gasteiger charge is -2.19. The van der Waals surface area contributed by atoms with Gasteiger partial charge < -0.3 is 10.4 Å². The third-order valence-corrected chi connectivity index (χ3v) is 2.70. The number of alkyl halides is 3. The van der Waals surface area contributed by atoms with Crippen LogP contribution in [0.4, 0.5) is 13.2 Å². The molecule has 1 atom stereocenters. The first-order valence-corrected chi connectivity index (χ1v) is 5.93. The predicted octanol–water partition coefficient (Wildman–Crippen LogP) is 2.92. The zero-order valence-electron chi connectivity index (χ0n) is 10.1. The van der Waals surface area contributed by atoms with Gasteiger partial charge in [-0.05, 0) is 24.1 Å². The highest BCUT2D eigenvalue weighted by atomic mass is 35.5. The van der Waals surface area contributed by atoms with Gasteiger partial charge in [0.05, 0.1) is 6.04 Å². The van der Waals surface area contributed by atoms with Gasteiger partial charge >= 0.3 is 18.1 Å². The van der Waals surface area contributed by atoms with E-state index < -0.39 is 24.1 Å². The number of carbonyl (C=O) groups is 2. The molecule has 0 heterocycles. The van der Waals surface area contributed by atoms with Crippen LogP contribution in [-0.2, 0) is 9.59 Å². The van der Waals surface area contributed by atoms with E-state index in [1.165, 1.54) is 24.3 Å². The molecule has 0 aliphatic heterocycles. The predicted molar refractivity (Wildman–Crippen MR) is 65.3 cm³/mol. The van der Waals surface area contributed by atoms with Gasteiger partial charge in [0.25, 0.3) is 0 Å². The minimum absolute atomic E-state index is 0.169. The normalized spacial score (nSPS) is 12.8. The van der Waals surface area contributed by atoms with Gasteiger partial charge in [-0.15, -0.1) is 0 Å². The van der Waals surface area contributed by atoms with E-state index in [-0.39, 0.29) is 17.9 Å². The van der Waals surface area contributed by atoms with Crippen LogP contribution in [0, 0.1) is 0 Å². The molecule has 0 aliphatic rings. The van der Waals surface area contributed by atoms with E-state index in [9.17, 15) is 22.8 Å². The van der Waals surface area contributed by atoms with Gasteiger partial charge in [0.15, 0.2) is 0 Å². The van der Waals surface area contributed by atoms with E-state index in [4.69, 9.17) is 16.7 Å². The molecule has 0 saturated carbocycles. The van der Waals surface area contributed by atoms with Crippen molar-refractivity contribution in [1.82, 2.24) is 5.32 Å². The quantitative estimate of drug-likeness (QED) is 0.879. The molecule has 0 saturated heterocycles. The van der Waals surface area contributed by atoms with Crippen molar-refractivity contribution in [2.75, 3.05) is 0 Å². The fourth-order valence-corrected chi connectivity index (χ4v) is 1.75. The van der Waals surface area contributed by atoms with Crippen LogP contribution in [0.2, 0.25) is 5.02 Å². The molecule has 0 aliphatic carbocycles. The van der Waals surface area contributed by atoms with Crippen LogP contribution >= 0.6 is 11.6 Å². The highest BCUT2D eigenvalue weighted by Crippen LogP contribution is 2.24. The van der Waals surface area contributed by atoms with E-state index in [2.05, 4.69) is 0 Å². The van der Waals surface area contributed by atoms with Crippen LogP contribution < -0.4 is 5.32 Å². The molecule has 4 nitrogen and oxygen atoms in total. The maximum atomic E-state index is 12.2. The Kier molecular flexibility index (Phi) is 5.38. The van der Waals surface area contributed by atoms with Crippen molar-refractivity contribution in [2.24, 2.45) is 0 Å². The monoisotopic (exact) mass is 309 g/mol. The fraction of sp³-hybridized carbons (Fsp3) is 0.333. The highest BCUT2D eigenvalue weighted by Gasteiger charge is 2.39. The average Bonchev–Trinajstić information content (AvgIpc) is 2.32. The molecule has 20 heavy (non-hydrogen) atoms. The summed E-state index contributed by atoms with van der Waals surface area (Å²) in [5.74, 6) is -3.29. The van der Waals surface area contributed by atoms with Gasteiger partial charge in [-0.25, -0.2) is 0 Å². The number of carboxylic acid groups (broad SMARTS) is 1. The van der Waals surface area contributed by atoms with E-state index in [0.29, 0.717) is 5.56 Å². The number of benzene rings is 1. The summed E-state index contributed by atoms with van der Waals surface area (Å²) >= 11 is 5.73. The minimum atomic E-state index is -5.03. The Balaban J connectivity index is 2.91. The van der Waals surface area contributed by atoms with Crippen LogP contribution in [0.1, 0.15) is 24.4 Å². The summed E-state index contributed by atoms with van der Waals surface area (Å²) in [7, 11) is 0. The smallest absolute Gasteiger partial charge is 0.471 e. The molecule has 0 fully saturated rings. The Morgan fingerprint density at radius 3 is 2.50 bits per heavy atom. The standard InChI is InChI=1S/C12H11ClF3NO3/c13-8-3-1-2-7(6-8)9(4-5-10(18)19)17-11(20)12(14,15)16/h1-3,6,9H,4-5H2,(H,17,20)(H,18,19). The summed E-state index contributed by atoms with van der Waals surface area (Å²) in [4.78, 5) is 21.5. The van der Waals surface area contributed by atoms with Gasteiger partial charge in [-0.3, -0.25) is 9.59 Å². The molecule has 2 N–H and O–H groups in total. The third-order valence-electron chi connectivity index (χ3n) is 2.46. The Bertz CT molecular complexity index is 505. The average molecular weight is 310 g/mol. The molecule has 1 amide bonds. The zero-order chi connectivity index (χ0) is 15.3. The topological polar surface area (TPSA) is 66.4 Å². The van der Waals surface area contributed by atoms with Gasteiger partial charge in [0.2, 0.25) is 0 Å². The first-order valence-electron chi connectivity index (χ1n) is 5.55. The van der Waals surface area contributed by atoms with Crippen molar-refractivity contribution in [1.29, 1.82) is 0 Å². The highest BCUT2D eigenvalue weighted by molar-refractivity contribution is 6.30. The Morgan fingerprint density at radius 2 is 2.00 bits per heavy atom. The molecule has 1 rings (SSSR count). The minimum Gasteiger partial charge on any atom is -0.481 e. The summed E-state index contributed by atoms with van der Waals surface area (Å²) in [6, 6.07) is 4.80. The van der Waals surface area contributed by atoms with E-state index in [1.54, 1.807) is 5.32 Å². The van der Waals surface area contributed by atoms with Crippen LogP contribution in [0.5, 0.6) is 0 Å². The van der Waals surface area contributed by atoms with Crippen LogP contribution in [-0.4, -0.2) is 23.2 Å². The molecular weight excluding hydrogens is 299 g/mol. The molecular formula is C12H11ClF3NO3. The number of hydrogen-bond acceptors (Lipinski definition) is 2. The molecule has 0 bridgehead atoms. The number of rotatable bonds is 5. The second-order valence-corrected chi connectivity index (χ2v) is 4.45. The molecule has 0 radical (unpaired) electrons. The first-order chi connectivity index (χ1) is 9.20. The lowest BCUT2D eigenvalue weighted by atomic mass is 10.0. The van der Waals surface area contributed by atoms with Crippen molar-refractivity contribution in [3.05, 3.63) is 34.9 Å². The number of aliphatic carboxylic acids is 1. The molecule has 1 aromatic rings. The van der Waals surface area contributed by atoms with Crippen molar-refractivity contribution in [2.45, 2.75) is 25.1 Å². The van der Waals surface area contributed by atoms with Crippen molar-refractivity contribution >= 4 is 23.5 Å². The molecule has 0 spiro atoms. The SMILES string of the molecule is O=C(O)CCC(NC(=O)C(F)(F)F)c1cccc(Cl)c1. The van der Waals surface area contributed by atoms with Crippen LogP contribution in [0.25, 0.3) is 0 Å². The lowest BCUT2D eigenvalue weighted by Crippen LogP contribution is -2.39. The summed E-state index contributed by atoms with van der Waals surface area (Å²) < 4.78 is 36.7. The molecule has 0 aromatic heterocycles. The number of halogens is 4. The second-order valence-electron chi connectivity index (χ2n) is 4.01. The van der Waals surface area contributed by atoms with Crippen molar-refractivity contribution < 1.29 is 27.9 Å². The Labute approximate surface area is 117 Å². The van der Waals surface area contributed by atoms with Crippen molar-refractivity contribution in [3.63, 3.8) is 0 Å². The number of hydrogen-bond donors (Lipinski definition) is 2. The summed E-state index contributed by atoms with van der Waals surface area (Å²) in [5.41, 5.74) is 0.316.